The molecule has 3 aromatic rings. The Morgan fingerprint density at radius 2 is 1.89 bits per heavy atom. The van der Waals surface area contributed by atoms with Crippen molar-refractivity contribution in [2.75, 3.05) is 37.7 Å². The van der Waals surface area contributed by atoms with Crippen molar-refractivity contribution < 1.29 is 4.74 Å². The standard InChI is InChI=1S/C21H28N6O/c22-8-3-1-2-4-9-27-16-17(14-24-27)19-15-23-18-6-5-7-20(21(18)25-19)26-10-12-28-13-11-26/h5-7,14-16H,1-4,8-13,22H2. The molecule has 7 nitrogen and oxygen atoms in total. The van der Waals surface area contributed by atoms with Gasteiger partial charge in [-0.3, -0.25) is 9.67 Å². The molecule has 148 valence electrons. The monoisotopic (exact) mass is 380 g/mol. The summed E-state index contributed by atoms with van der Waals surface area (Å²) in [5.74, 6) is 0. The van der Waals surface area contributed by atoms with Crippen molar-refractivity contribution in [2.24, 2.45) is 5.73 Å². The van der Waals surface area contributed by atoms with E-state index in [-0.39, 0.29) is 0 Å². The molecule has 2 N–H and O–H groups in total. The molecule has 1 fully saturated rings. The SMILES string of the molecule is NCCCCCCn1cc(-c2cnc3cccc(N4CCOCC4)c3n2)cn1. The van der Waals surface area contributed by atoms with Crippen LogP contribution in [0.25, 0.3) is 22.3 Å². The third kappa shape index (κ3) is 4.31. The minimum atomic E-state index is 0.752. The number of fused-ring (bicyclic) bond motifs is 1. The lowest BCUT2D eigenvalue weighted by Gasteiger charge is -2.29. The number of nitrogens with zero attached hydrogens (tertiary/aromatic N) is 5. The van der Waals surface area contributed by atoms with Gasteiger partial charge in [0, 0.05) is 31.4 Å². The predicted octanol–water partition coefficient (Wildman–Crippen LogP) is 2.85. The zero-order valence-corrected chi connectivity index (χ0v) is 16.3. The molecular weight excluding hydrogens is 352 g/mol. The number of hydrogen-bond acceptors (Lipinski definition) is 6. The minimum absolute atomic E-state index is 0.752. The van der Waals surface area contributed by atoms with E-state index in [9.17, 15) is 0 Å². The van der Waals surface area contributed by atoms with Gasteiger partial charge in [-0.15, -0.1) is 0 Å². The lowest BCUT2D eigenvalue weighted by molar-refractivity contribution is 0.123. The molecule has 1 aliphatic rings. The third-order valence-corrected chi connectivity index (χ3v) is 5.17. The van der Waals surface area contributed by atoms with Crippen LogP contribution in [0.15, 0.2) is 36.8 Å². The second-order valence-electron chi connectivity index (χ2n) is 7.19. The van der Waals surface area contributed by atoms with Crippen molar-refractivity contribution >= 4 is 16.7 Å². The Balaban J connectivity index is 1.53. The van der Waals surface area contributed by atoms with Gasteiger partial charge < -0.3 is 15.4 Å². The van der Waals surface area contributed by atoms with Crippen LogP contribution in [0.2, 0.25) is 0 Å². The number of aromatic nitrogens is 4. The molecule has 28 heavy (non-hydrogen) atoms. The molecule has 1 aliphatic heterocycles. The van der Waals surface area contributed by atoms with Crippen molar-refractivity contribution in [3.05, 3.63) is 36.8 Å². The molecule has 0 saturated carbocycles. The minimum Gasteiger partial charge on any atom is -0.378 e. The van der Waals surface area contributed by atoms with E-state index in [1.54, 1.807) is 0 Å². The molecule has 3 heterocycles. The Morgan fingerprint density at radius 3 is 2.75 bits per heavy atom. The molecule has 1 aromatic carbocycles. The summed E-state index contributed by atoms with van der Waals surface area (Å²) in [5.41, 5.74) is 10.4. The van der Waals surface area contributed by atoms with Gasteiger partial charge >= 0.3 is 0 Å². The molecular formula is C21H28N6O. The molecule has 4 rings (SSSR count). The fourth-order valence-electron chi connectivity index (χ4n) is 3.61. The van der Waals surface area contributed by atoms with E-state index in [2.05, 4.69) is 27.2 Å². The summed E-state index contributed by atoms with van der Waals surface area (Å²) in [5, 5.41) is 4.50. The molecule has 0 atom stereocenters. The van der Waals surface area contributed by atoms with Gasteiger partial charge in [0.15, 0.2) is 0 Å². The normalized spacial score (nSPS) is 14.7. The van der Waals surface area contributed by atoms with Gasteiger partial charge in [0.1, 0.15) is 5.52 Å². The maximum Gasteiger partial charge on any atom is 0.113 e. The molecule has 1 saturated heterocycles. The summed E-state index contributed by atoms with van der Waals surface area (Å²) in [6.07, 6.45) is 10.4. The zero-order valence-electron chi connectivity index (χ0n) is 16.3. The third-order valence-electron chi connectivity index (χ3n) is 5.17. The van der Waals surface area contributed by atoms with Gasteiger partial charge in [-0.1, -0.05) is 18.9 Å². The van der Waals surface area contributed by atoms with Crippen LogP contribution in [0.4, 0.5) is 5.69 Å². The van der Waals surface area contributed by atoms with Crippen LogP contribution in [0.1, 0.15) is 25.7 Å². The second-order valence-corrected chi connectivity index (χ2v) is 7.19. The molecule has 0 radical (unpaired) electrons. The number of aryl methyl sites for hydroxylation is 1. The Labute approximate surface area is 165 Å². The van der Waals surface area contributed by atoms with Crippen LogP contribution in [0.3, 0.4) is 0 Å². The van der Waals surface area contributed by atoms with E-state index in [4.69, 9.17) is 15.5 Å². The van der Waals surface area contributed by atoms with Gasteiger partial charge in [0.2, 0.25) is 0 Å². The Morgan fingerprint density at radius 1 is 1.04 bits per heavy atom. The maximum atomic E-state index is 5.55. The summed E-state index contributed by atoms with van der Waals surface area (Å²) < 4.78 is 7.49. The van der Waals surface area contributed by atoms with Crippen molar-refractivity contribution in [1.29, 1.82) is 0 Å². The lowest BCUT2D eigenvalue weighted by atomic mass is 10.2. The predicted molar refractivity (Wildman–Crippen MR) is 111 cm³/mol. The lowest BCUT2D eigenvalue weighted by Crippen LogP contribution is -2.36. The van der Waals surface area contributed by atoms with Crippen molar-refractivity contribution in [1.82, 2.24) is 19.7 Å². The van der Waals surface area contributed by atoms with Gasteiger partial charge in [-0.25, -0.2) is 4.98 Å². The number of para-hydroxylation sites is 1. The van der Waals surface area contributed by atoms with Crippen molar-refractivity contribution in [2.45, 2.75) is 32.2 Å². The van der Waals surface area contributed by atoms with E-state index in [0.29, 0.717) is 0 Å². The fourth-order valence-corrected chi connectivity index (χ4v) is 3.61. The molecule has 2 aromatic heterocycles. The topological polar surface area (TPSA) is 82.1 Å². The number of anilines is 1. The maximum absolute atomic E-state index is 5.55. The number of unbranched alkanes of at least 4 members (excludes halogenated alkanes) is 3. The Bertz CT molecular complexity index is 903. The fraction of sp³-hybridized carbons (Fsp3) is 0.476. The first kappa shape index (κ1) is 18.8. The molecule has 0 aliphatic carbocycles. The Hall–Kier alpha value is -2.51. The van der Waals surface area contributed by atoms with Gasteiger partial charge in [-0.2, -0.15) is 5.10 Å². The molecule has 0 spiro atoms. The van der Waals surface area contributed by atoms with E-state index in [0.717, 1.165) is 80.2 Å². The van der Waals surface area contributed by atoms with E-state index >= 15 is 0 Å². The summed E-state index contributed by atoms with van der Waals surface area (Å²) >= 11 is 0. The van der Waals surface area contributed by atoms with Crippen LogP contribution in [0.5, 0.6) is 0 Å². The number of ether oxygens (including phenoxy) is 1. The summed E-state index contributed by atoms with van der Waals surface area (Å²) in [7, 11) is 0. The van der Waals surface area contributed by atoms with E-state index in [1.807, 2.05) is 29.2 Å². The average Bonchev–Trinajstić information content (AvgIpc) is 3.22. The second kappa shape index (κ2) is 9.12. The zero-order chi connectivity index (χ0) is 19.2. The quantitative estimate of drug-likeness (QED) is 0.605. The molecule has 7 heteroatoms. The van der Waals surface area contributed by atoms with Gasteiger partial charge in [0.05, 0.1) is 42.5 Å². The van der Waals surface area contributed by atoms with Gasteiger partial charge in [-0.05, 0) is 31.5 Å². The van der Waals surface area contributed by atoms with Crippen LogP contribution in [0, 0.1) is 0 Å². The molecule has 0 bridgehead atoms. The number of benzene rings is 1. The summed E-state index contributed by atoms with van der Waals surface area (Å²) in [6, 6.07) is 6.18. The number of morpholine rings is 1. The van der Waals surface area contributed by atoms with Crippen LogP contribution in [-0.4, -0.2) is 52.6 Å². The number of nitrogens with two attached hydrogens (primary N) is 1. The highest BCUT2D eigenvalue weighted by Crippen LogP contribution is 2.27. The molecule has 0 amide bonds. The highest BCUT2D eigenvalue weighted by Gasteiger charge is 2.16. The highest BCUT2D eigenvalue weighted by molar-refractivity contribution is 5.89. The largest absolute Gasteiger partial charge is 0.378 e. The molecule has 0 unspecified atom stereocenters. The highest BCUT2D eigenvalue weighted by atomic mass is 16.5. The van der Waals surface area contributed by atoms with Crippen LogP contribution >= 0.6 is 0 Å². The first-order valence-electron chi connectivity index (χ1n) is 10.2. The number of hydrogen-bond donors (Lipinski definition) is 1. The number of rotatable bonds is 8. The average molecular weight is 380 g/mol. The first-order chi connectivity index (χ1) is 13.8. The smallest absolute Gasteiger partial charge is 0.113 e. The van der Waals surface area contributed by atoms with Crippen LogP contribution < -0.4 is 10.6 Å². The van der Waals surface area contributed by atoms with E-state index in [1.165, 1.54) is 12.8 Å². The van der Waals surface area contributed by atoms with Crippen LogP contribution in [-0.2, 0) is 11.3 Å². The van der Waals surface area contributed by atoms with E-state index < -0.39 is 0 Å². The summed E-state index contributed by atoms with van der Waals surface area (Å²) in [4.78, 5) is 11.9. The first-order valence-corrected chi connectivity index (χ1v) is 10.2. The van der Waals surface area contributed by atoms with Gasteiger partial charge in [0.25, 0.3) is 0 Å². The van der Waals surface area contributed by atoms with Crippen molar-refractivity contribution in [3.63, 3.8) is 0 Å². The van der Waals surface area contributed by atoms with Crippen molar-refractivity contribution in [3.8, 4) is 11.3 Å². The Kier molecular flexibility index (Phi) is 6.14. The summed E-state index contributed by atoms with van der Waals surface area (Å²) in [6.45, 7) is 4.97.